The molecule has 0 aromatic heterocycles. The maximum absolute atomic E-state index is 12.8. The first-order valence-corrected chi connectivity index (χ1v) is 9.45. The molecule has 6 nitrogen and oxygen atoms in total. The third kappa shape index (κ3) is 3.36. The number of fused-ring (bicyclic) bond motifs is 1. The Labute approximate surface area is 152 Å². The SMILES string of the molecule is COc1cccc2c1OC=C(C(C)=O)C2NS(=O)(=O)c1ccc(C)cc1. The zero-order valence-corrected chi connectivity index (χ0v) is 15.5. The standard InChI is InChI=1S/C19H19NO5S/c1-12-7-9-14(10-8-12)26(22,23)20-18-15-5-4-6-17(24-3)19(15)25-11-16(18)13(2)21/h4-11,18,20H,1-3H3. The van der Waals surface area contributed by atoms with Gasteiger partial charge in [0.25, 0.3) is 0 Å². The van der Waals surface area contributed by atoms with Gasteiger partial charge in [-0.1, -0.05) is 29.8 Å². The van der Waals surface area contributed by atoms with Gasteiger partial charge < -0.3 is 9.47 Å². The highest BCUT2D eigenvalue weighted by atomic mass is 32.2. The fraction of sp³-hybridized carbons (Fsp3) is 0.211. The molecule has 0 radical (unpaired) electrons. The number of ketones is 1. The zero-order valence-electron chi connectivity index (χ0n) is 14.6. The molecular weight excluding hydrogens is 354 g/mol. The number of ether oxygens (including phenoxy) is 2. The Hall–Kier alpha value is -2.64. The van der Waals surface area contributed by atoms with Gasteiger partial charge in [-0.05, 0) is 32.0 Å². The van der Waals surface area contributed by atoms with Gasteiger partial charge in [-0.15, -0.1) is 0 Å². The maximum atomic E-state index is 12.8. The van der Waals surface area contributed by atoms with Crippen LogP contribution in [0.1, 0.15) is 24.1 Å². The van der Waals surface area contributed by atoms with E-state index in [1.54, 1.807) is 30.3 Å². The predicted molar refractivity (Wildman–Crippen MR) is 96.6 cm³/mol. The Kier molecular flexibility index (Phi) is 4.84. The fourth-order valence-corrected chi connectivity index (χ4v) is 3.95. The molecular formula is C19H19NO5S. The first-order valence-electron chi connectivity index (χ1n) is 7.97. The van der Waals surface area contributed by atoms with Crippen LogP contribution in [0.25, 0.3) is 0 Å². The molecule has 0 saturated heterocycles. The van der Waals surface area contributed by atoms with Crippen molar-refractivity contribution < 1.29 is 22.7 Å². The summed E-state index contributed by atoms with van der Waals surface area (Å²) < 4.78 is 39.1. The van der Waals surface area contributed by atoms with Crippen LogP contribution in [0.2, 0.25) is 0 Å². The number of para-hydroxylation sites is 1. The van der Waals surface area contributed by atoms with Gasteiger partial charge >= 0.3 is 0 Å². The van der Waals surface area contributed by atoms with Crippen molar-refractivity contribution in [1.82, 2.24) is 4.72 Å². The highest BCUT2D eigenvalue weighted by Gasteiger charge is 2.33. The number of rotatable bonds is 5. The average molecular weight is 373 g/mol. The van der Waals surface area contributed by atoms with Crippen molar-refractivity contribution in [2.45, 2.75) is 24.8 Å². The van der Waals surface area contributed by atoms with Gasteiger partial charge in [0.15, 0.2) is 17.3 Å². The lowest BCUT2D eigenvalue weighted by Crippen LogP contribution is -2.33. The molecule has 0 fully saturated rings. The first kappa shape index (κ1) is 18.2. The van der Waals surface area contributed by atoms with Crippen LogP contribution in [0.3, 0.4) is 0 Å². The Balaban J connectivity index is 2.06. The third-order valence-corrected chi connectivity index (χ3v) is 5.60. The summed E-state index contributed by atoms with van der Waals surface area (Å²) in [6.45, 7) is 3.24. The van der Waals surface area contributed by atoms with Gasteiger partial charge in [-0.25, -0.2) is 8.42 Å². The van der Waals surface area contributed by atoms with Crippen molar-refractivity contribution in [2.75, 3.05) is 7.11 Å². The summed E-state index contributed by atoms with van der Waals surface area (Å²) in [4.78, 5) is 12.2. The first-order chi connectivity index (χ1) is 12.3. The minimum atomic E-state index is -3.84. The van der Waals surface area contributed by atoms with E-state index in [4.69, 9.17) is 9.47 Å². The Bertz CT molecular complexity index is 977. The molecule has 0 aliphatic carbocycles. The summed E-state index contributed by atoms with van der Waals surface area (Å²) in [6, 6.07) is 10.8. The van der Waals surface area contributed by atoms with E-state index < -0.39 is 16.1 Å². The number of carbonyl (C=O) groups is 1. The van der Waals surface area contributed by atoms with Gasteiger partial charge in [0.2, 0.25) is 10.0 Å². The normalized spacial score (nSPS) is 16.3. The second-order valence-corrected chi connectivity index (χ2v) is 7.71. The van der Waals surface area contributed by atoms with E-state index in [9.17, 15) is 13.2 Å². The van der Waals surface area contributed by atoms with E-state index >= 15 is 0 Å². The number of hydrogen-bond donors (Lipinski definition) is 1. The Morgan fingerprint density at radius 1 is 1.15 bits per heavy atom. The number of methoxy groups -OCH3 is 1. The molecule has 2 aromatic rings. The fourth-order valence-electron chi connectivity index (χ4n) is 2.76. The summed E-state index contributed by atoms with van der Waals surface area (Å²) in [5.41, 5.74) is 1.70. The number of Topliss-reactive ketones (excluding diaryl/α,β-unsaturated/α-hetero) is 1. The molecule has 0 saturated carbocycles. The minimum absolute atomic E-state index is 0.127. The maximum Gasteiger partial charge on any atom is 0.241 e. The average Bonchev–Trinajstić information content (AvgIpc) is 2.61. The van der Waals surface area contributed by atoms with Gasteiger partial charge in [-0.2, -0.15) is 4.72 Å². The van der Waals surface area contributed by atoms with Crippen LogP contribution in [0.15, 0.2) is 59.2 Å². The summed E-state index contributed by atoms with van der Waals surface area (Å²) >= 11 is 0. The summed E-state index contributed by atoms with van der Waals surface area (Å²) in [6.07, 6.45) is 1.27. The number of carbonyl (C=O) groups excluding carboxylic acids is 1. The van der Waals surface area contributed by atoms with Crippen LogP contribution < -0.4 is 14.2 Å². The van der Waals surface area contributed by atoms with Gasteiger partial charge in [0, 0.05) is 5.56 Å². The molecule has 1 N–H and O–H groups in total. The van der Waals surface area contributed by atoms with Crippen LogP contribution in [0.5, 0.6) is 11.5 Å². The molecule has 2 aromatic carbocycles. The molecule has 3 rings (SSSR count). The quantitative estimate of drug-likeness (QED) is 0.871. The van der Waals surface area contributed by atoms with Crippen LogP contribution in [-0.4, -0.2) is 21.3 Å². The molecule has 0 bridgehead atoms. The Morgan fingerprint density at radius 3 is 2.46 bits per heavy atom. The highest BCUT2D eigenvalue weighted by molar-refractivity contribution is 7.89. The molecule has 1 atom stereocenters. The van der Waals surface area contributed by atoms with Crippen molar-refractivity contribution in [3.8, 4) is 11.5 Å². The number of benzene rings is 2. The molecule has 1 aliphatic heterocycles. The summed E-state index contributed by atoms with van der Waals surface area (Å²) in [7, 11) is -2.35. The van der Waals surface area contributed by atoms with Crippen LogP contribution in [0, 0.1) is 6.92 Å². The smallest absolute Gasteiger partial charge is 0.241 e. The van der Waals surface area contributed by atoms with Crippen molar-refractivity contribution in [2.24, 2.45) is 0 Å². The largest absolute Gasteiger partial charge is 0.493 e. The molecule has 1 heterocycles. The van der Waals surface area contributed by atoms with Crippen molar-refractivity contribution >= 4 is 15.8 Å². The lowest BCUT2D eigenvalue weighted by Gasteiger charge is -2.27. The lowest BCUT2D eigenvalue weighted by atomic mass is 9.95. The molecule has 1 unspecified atom stereocenters. The third-order valence-electron chi connectivity index (χ3n) is 4.17. The number of aryl methyl sites for hydroxylation is 1. The van der Waals surface area contributed by atoms with E-state index in [-0.39, 0.29) is 16.3 Å². The highest BCUT2D eigenvalue weighted by Crippen LogP contribution is 2.41. The Morgan fingerprint density at radius 2 is 1.85 bits per heavy atom. The van der Waals surface area contributed by atoms with Gasteiger partial charge in [-0.3, -0.25) is 4.79 Å². The number of hydrogen-bond acceptors (Lipinski definition) is 5. The molecule has 1 aliphatic rings. The van der Waals surface area contributed by atoms with Crippen molar-refractivity contribution in [3.63, 3.8) is 0 Å². The second-order valence-electron chi connectivity index (χ2n) is 5.99. The monoisotopic (exact) mass is 373 g/mol. The zero-order chi connectivity index (χ0) is 18.9. The minimum Gasteiger partial charge on any atom is -0.493 e. The van der Waals surface area contributed by atoms with Crippen LogP contribution >= 0.6 is 0 Å². The molecule has 0 amide bonds. The van der Waals surface area contributed by atoms with Gasteiger partial charge in [0.05, 0.1) is 29.9 Å². The van der Waals surface area contributed by atoms with Crippen LogP contribution in [-0.2, 0) is 14.8 Å². The topological polar surface area (TPSA) is 81.7 Å². The van der Waals surface area contributed by atoms with Crippen molar-refractivity contribution in [3.05, 3.63) is 65.4 Å². The molecule has 26 heavy (non-hydrogen) atoms. The van der Waals surface area contributed by atoms with E-state index in [2.05, 4.69) is 4.72 Å². The summed E-state index contributed by atoms with van der Waals surface area (Å²) in [5.74, 6) is 0.563. The number of nitrogens with one attached hydrogen (secondary N) is 1. The van der Waals surface area contributed by atoms with Crippen LogP contribution in [0.4, 0.5) is 0 Å². The summed E-state index contributed by atoms with van der Waals surface area (Å²) in [5, 5.41) is 0. The second kappa shape index (κ2) is 6.93. The molecule has 136 valence electrons. The predicted octanol–water partition coefficient (Wildman–Crippen LogP) is 2.89. The van der Waals surface area contributed by atoms with E-state index in [0.29, 0.717) is 17.1 Å². The number of sulfonamides is 1. The van der Waals surface area contributed by atoms with E-state index in [1.807, 2.05) is 6.92 Å². The molecule has 7 heteroatoms. The lowest BCUT2D eigenvalue weighted by molar-refractivity contribution is -0.114. The molecule has 0 spiro atoms. The van der Waals surface area contributed by atoms with E-state index in [0.717, 1.165) is 5.56 Å². The van der Waals surface area contributed by atoms with E-state index in [1.165, 1.54) is 32.4 Å². The van der Waals surface area contributed by atoms with Crippen molar-refractivity contribution in [1.29, 1.82) is 0 Å². The van der Waals surface area contributed by atoms with Gasteiger partial charge in [0.1, 0.15) is 0 Å².